The Morgan fingerprint density at radius 1 is 1.40 bits per heavy atom. The van der Waals surface area contributed by atoms with E-state index in [1.54, 1.807) is 24.3 Å². The molecule has 20 heavy (non-hydrogen) atoms. The topological polar surface area (TPSA) is 102 Å². The molecule has 1 aromatic carbocycles. The first-order valence-electron chi connectivity index (χ1n) is 6.34. The highest BCUT2D eigenvalue weighted by Gasteiger charge is 2.40. The van der Waals surface area contributed by atoms with E-state index in [2.05, 4.69) is 10.6 Å². The van der Waals surface area contributed by atoms with E-state index >= 15 is 0 Å². The number of hydrogen-bond donors (Lipinski definition) is 3. The number of amides is 2. The van der Waals surface area contributed by atoms with Crippen LogP contribution in [0.3, 0.4) is 0 Å². The Hall–Kier alpha value is -2.55. The number of nitriles is 1. The summed E-state index contributed by atoms with van der Waals surface area (Å²) in [7, 11) is 0. The Balaban J connectivity index is 1.98. The number of urea groups is 1. The van der Waals surface area contributed by atoms with Gasteiger partial charge in [0.05, 0.1) is 23.6 Å². The fourth-order valence-electron chi connectivity index (χ4n) is 2.31. The molecule has 6 nitrogen and oxygen atoms in total. The molecule has 0 spiro atoms. The molecular weight excluding hydrogens is 258 g/mol. The molecule has 0 atom stereocenters. The second-order valence-electron chi connectivity index (χ2n) is 4.98. The summed E-state index contributed by atoms with van der Waals surface area (Å²) < 4.78 is 0. The number of carbonyl (C=O) groups is 2. The van der Waals surface area contributed by atoms with Crippen molar-refractivity contribution in [1.82, 2.24) is 5.32 Å². The molecule has 0 saturated heterocycles. The number of nitrogens with one attached hydrogen (secondary N) is 2. The minimum Gasteiger partial charge on any atom is -0.481 e. The highest BCUT2D eigenvalue weighted by molar-refractivity contribution is 5.90. The first-order valence-corrected chi connectivity index (χ1v) is 6.34. The van der Waals surface area contributed by atoms with Crippen molar-refractivity contribution in [2.45, 2.75) is 31.2 Å². The van der Waals surface area contributed by atoms with Gasteiger partial charge in [-0.25, -0.2) is 4.79 Å². The molecule has 1 fully saturated rings. The number of nitrogens with zero attached hydrogens (tertiary/aromatic N) is 1. The van der Waals surface area contributed by atoms with Gasteiger partial charge in [-0.2, -0.15) is 5.26 Å². The zero-order valence-electron chi connectivity index (χ0n) is 10.8. The number of rotatable bonds is 4. The van der Waals surface area contributed by atoms with Gasteiger partial charge >= 0.3 is 12.0 Å². The van der Waals surface area contributed by atoms with E-state index in [-0.39, 0.29) is 6.42 Å². The molecule has 104 valence electrons. The maximum atomic E-state index is 11.9. The van der Waals surface area contributed by atoms with Crippen molar-refractivity contribution in [3.63, 3.8) is 0 Å². The highest BCUT2D eigenvalue weighted by Crippen LogP contribution is 2.34. The van der Waals surface area contributed by atoms with Gasteiger partial charge < -0.3 is 15.7 Å². The van der Waals surface area contributed by atoms with Crippen LogP contribution < -0.4 is 10.6 Å². The number of benzene rings is 1. The first kappa shape index (κ1) is 13.9. The molecule has 0 unspecified atom stereocenters. The molecule has 1 aromatic rings. The molecule has 3 N–H and O–H groups in total. The number of carboxylic acid groups (broad SMARTS) is 1. The van der Waals surface area contributed by atoms with Crippen molar-refractivity contribution in [1.29, 1.82) is 5.26 Å². The largest absolute Gasteiger partial charge is 0.481 e. The lowest BCUT2D eigenvalue weighted by molar-refractivity contribution is -0.139. The van der Waals surface area contributed by atoms with Gasteiger partial charge in [0.25, 0.3) is 0 Å². The Morgan fingerprint density at radius 2 is 2.15 bits per heavy atom. The molecule has 0 radical (unpaired) electrons. The van der Waals surface area contributed by atoms with Crippen LogP contribution in [0.2, 0.25) is 0 Å². The Morgan fingerprint density at radius 3 is 2.70 bits per heavy atom. The normalized spacial score (nSPS) is 15.6. The summed E-state index contributed by atoms with van der Waals surface area (Å²) in [6.45, 7) is 0. The van der Waals surface area contributed by atoms with Crippen LogP contribution in [0.5, 0.6) is 0 Å². The number of hydrogen-bond acceptors (Lipinski definition) is 3. The third-order valence-electron chi connectivity index (χ3n) is 3.43. The molecule has 2 amide bonds. The average Bonchev–Trinajstić information content (AvgIpc) is 2.35. The quantitative estimate of drug-likeness (QED) is 0.781. The first-order chi connectivity index (χ1) is 9.53. The summed E-state index contributed by atoms with van der Waals surface area (Å²) in [5.41, 5.74) is 0.320. The molecule has 1 aliphatic carbocycles. The summed E-state index contributed by atoms with van der Waals surface area (Å²) >= 11 is 0. The lowest BCUT2D eigenvalue weighted by Crippen LogP contribution is -2.55. The lowest BCUT2D eigenvalue weighted by Gasteiger charge is -2.41. The van der Waals surface area contributed by atoms with Gasteiger partial charge in [-0.05, 0) is 37.5 Å². The molecule has 0 aromatic heterocycles. The predicted octanol–water partition coefficient (Wildman–Crippen LogP) is 2.08. The van der Waals surface area contributed by atoms with Crippen molar-refractivity contribution in [3.05, 3.63) is 29.8 Å². The van der Waals surface area contributed by atoms with E-state index in [0.717, 1.165) is 6.42 Å². The second kappa shape index (κ2) is 5.61. The van der Waals surface area contributed by atoms with E-state index in [1.807, 2.05) is 6.07 Å². The van der Waals surface area contributed by atoms with Crippen LogP contribution in [-0.2, 0) is 4.79 Å². The smallest absolute Gasteiger partial charge is 0.319 e. The van der Waals surface area contributed by atoms with Gasteiger partial charge in [0, 0.05) is 5.69 Å². The molecule has 2 rings (SSSR count). The van der Waals surface area contributed by atoms with Crippen LogP contribution >= 0.6 is 0 Å². The Labute approximate surface area is 116 Å². The zero-order chi connectivity index (χ0) is 14.6. The van der Waals surface area contributed by atoms with Crippen molar-refractivity contribution < 1.29 is 14.7 Å². The van der Waals surface area contributed by atoms with E-state index in [4.69, 9.17) is 10.4 Å². The second-order valence-corrected chi connectivity index (χ2v) is 4.98. The van der Waals surface area contributed by atoms with Crippen molar-refractivity contribution in [2.24, 2.45) is 0 Å². The lowest BCUT2D eigenvalue weighted by atomic mass is 9.74. The number of carbonyl (C=O) groups excluding carboxylic acids is 1. The van der Waals surface area contributed by atoms with E-state index in [9.17, 15) is 9.59 Å². The summed E-state index contributed by atoms with van der Waals surface area (Å²) in [6.07, 6.45) is 2.19. The average molecular weight is 273 g/mol. The molecule has 1 aliphatic rings. The molecule has 0 bridgehead atoms. The monoisotopic (exact) mass is 273 g/mol. The van der Waals surface area contributed by atoms with Gasteiger partial charge in [-0.1, -0.05) is 6.07 Å². The van der Waals surface area contributed by atoms with Crippen LogP contribution in [-0.4, -0.2) is 22.6 Å². The van der Waals surface area contributed by atoms with Gasteiger partial charge in [0.2, 0.25) is 0 Å². The van der Waals surface area contributed by atoms with Crippen LogP contribution in [0.25, 0.3) is 0 Å². The Kier molecular flexibility index (Phi) is 3.89. The summed E-state index contributed by atoms with van der Waals surface area (Å²) in [5, 5.41) is 23.0. The van der Waals surface area contributed by atoms with E-state index < -0.39 is 17.5 Å². The highest BCUT2D eigenvalue weighted by atomic mass is 16.4. The van der Waals surface area contributed by atoms with Crippen molar-refractivity contribution in [3.8, 4) is 6.07 Å². The van der Waals surface area contributed by atoms with Gasteiger partial charge in [0.1, 0.15) is 0 Å². The predicted molar refractivity (Wildman–Crippen MR) is 72.1 cm³/mol. The van der Waals surface area contributed by atoms with E-state index in [0.29, 0.717) is 24.1 Å². The van der Waals surface area contributed by atoms with Crippen LogP contribution in [0, 0.1) is 11.3 Å². The van der Waals surface area contributed by atoms with Crippen molar-refractivity contribution in [2.75, 3.05) is 5.32 Å². The summed E-state index contributed by atoms with van der Waals surface area (Å²) in [6, 6.07) is 8.09. The van der Waals surface area contributed by atoms with Gasteiger partial charge in [0.15, 0.2) is 0 Å². The SMILES string of the molecule is N#Cc1cccc(NC(=O)NC2(CC(=O)O)CCC2)c1. The standard InChI is InChI=1S/C14H15N3O3/c15-9-10-3-1-4-11(7-10)16-13(20)17-14(5-2-6-14)8-12(18)19/h1,3-4,7H,2,5-6,8H2,(H,18,19)(H2,16,17,20). The van der Waals surface area contributed by atoms with Crippen LogP contribution in [0.1, 0.15) is 31.2 Å². The molecule has 6 heteroatoms. The molecule has 0 heterocycles. The Bertz CT molecular complexity index is 573. The molecular formula is C14H15N3O3. The summed E-state index contributed by atoms with van der Waals surface area (Å²) in [4.78, 5) is 22.7. The molecule has 0 aliphatic heterocycles. The fourth-order valence-corrected chi connectivity index (χ4v) is 2.31. The number of anilines is 1. The zero-order valence-corrected chi connectivity index (χ0v) is 10.8. The van der Waals surface area contributed by atoms with Crippen LogP contribution in [0.4, 0.5) is 10.5 Å². The van der Waals surface area contributed by atoms with Gasteiger partial charge in [-0.3, -0.25) is 4.79 Å². The van der Waals surface area contributed by atoms with Gasteiger partial charge in [-0.15, -0.1) is 0 Å². The third kappa shape index (κ3) is 3.26. The maximum Gasteiger partial charge on any atom is 0.319 e. The van der Waals surface area contributed by atoms with Crippen molar-refractivity contribution >= 4 is 17.7 Å². The minimum atomic E-state index is -0.920. The molecule has 1 saturated carbocycles. The third-order valence-corrected chi connectivity index (χ3v) is 3.43. The summed E-state index contributed by atoms with van der Waals surface area (Å²) in [5.74, 6) is -0.920. The fraction of sp³-hybridized carbons (Fsp3) is 0.357. The number of carboxylic acids is 1. The minimum absolute atomic E-state index is 0.0708. The van der Waals surface area contributed by atoms with Crippen LogP contribution in [0.15, 0.2) is 24.3 Å². The number of aliphatic carboxylic acids is 1. The van der Waals surface area contributed by atoms with E-state index in [1.165, 1.54) is 0 Å². The maximum absolute atomic E-state index is 11.9.